The summed E-state index contributed by atoms with van der Waals surface area (Å²) in [4.78, 5) is 7.63. The second kappa shape index (κ2) is 4.63. The molecule has 0 aliphatic rings. The number of hydrogen-bond donors (Lipinski definition) is 0. The Hall–Kier alpha value is -1.75. The van der Waals surface area contributed by atoms with Crippen molar-refractivity contribution in [3.63, 3.8) is 0 Å². The Bertz CT molecular complexity index is 543. The first-order valence-electron chi connectivity index (χ1n) is 4.62. The largest absolute Gasteiger partial charge is 0.491 e. The summed E-state index contributed by atoms with van der Waals surface area (Å²) in [5.74, 6) is -1.22. The third-order valence-electron chi connectivity index (χ3n) is 2.10. The zero-order valence-electron chi connectivity index (χ0n) is 8.75. The lowest BCUT2D eigenvalue weighted by Gasteiger charge is -2.08. The Kier molecular flexibility index (Phi) is 3.19. The number of methoxy groups -OCH3 is 1. The highest BCUT2D eigenvalue weighted by molar-refractivity contribution is 6.31. The van der Waals surface area contributed by atoms with E-state index in [1.807, 2.05) is 0 Å². The summed E-state index contributed by atoms with van der Waals surface area (Å²) in [6, 6.07) is 3.06. The molecule has 0 atom stereocenters. The van der Waals surface area contributed by atoms with Crippen molar-refractivity contribution < 1.29 is 13.5 Å². The molecule has 0 aliphatic heterocycles. The van der Waals surface area contributed by atoms with Gasteiger partial charge in [-0.1, -0.05) is 11.6 Å². The minimum atomic E-state index is -0.697. The van der Waals surface area contributed by atoms with Gasteiger partial charge in [0.1, 0.15) is 23.7 Å². The van der Waals surface area contributed by atoms with Crippen LogP contribution in [0.4, 0.5) is 8.78 Å². The summed E-state index contributed by atoms with van der Waals surface area (Å²) in [7, 11) is 1.38. The van der Waals surface area contributed by atoms with Crippen LogP contribution in [0.25, 0.3) is 11.3 Å². The highest BCUT2D eigenvalue weighted by atomic mass is 35.5. The van der Waals surface area contributed by atoms with E-state index < -0.39 is 11.6 Å². The zero-order chi connectivity index (χ0) is 12.4. The van der Waals surface area contributed by atoms with Crippen molar-refractivity contribution in [2.24, 2.45) is 0 Å². The van der Waals surface area contributed by atoms with Crippen molar-refractivity contribution in [1.82, 2.24) is 9.97 Å². The Morgan fingerprint density at radius 3 is 2.35 bits per heavy atom. The van der Waals surface area contributed by atoms with Crippen LogP contribution in [0, 0.1) is 11.6 Å². The summed E-state index contributed by atoms with van der Waals surface area (Å²) in [5.41, 5.74) is 0.481. The normalized spacial score (nSPS) is 10.4. The van der Waals surface area contributed by atoms with Crippen LogP contribution in [0.2, 0.25) is 5.15 Å². The van der Waals surface area contributed by atoms with E-state index in [0.29, 0.717) is 0 Å². The van der Waals surface area contributed by atoms with Crippen LogP contribution in [-0.2, 0) is 0 Å². The molecule has 2 rings (SSSR count). The minimum absolute atomic E-state index is 0.0853. The van der Waals surface area contributed by atoms with Crippen LogP contribution in [0.15, 0.2) is 24.5 Å². The fourth-order valence-corrected chi connectivity index (χ4v) is 1.64. The van der Waals surface area contributed by atoms with Crippen LogP contribution in [0.3, 0.4) is 0 Å². The van der Waals surface area contributed by atoms with Crippen molar-refractivity contribution in [3.8, 4) is 17.0 Å². The molecule has 0 saturated heterocycles. The van der Waals surface area contributed by atoms with Gasteiger partial charge in [0.2, 0.25) is 0 Å². The maximum absolute atomic E-state index is 13.1. The van der Waals surface area contributed by atoms with E-state index in [2.05, 4.69) is 9.97 Å². The Balaban J connectivity index is 2.63. The van der Waals surface area contributed by atoms with Gasteiger partial charge < -0.3 is 4.74 Å². The van der Waals surface area contributed by atoms with Crippen molar-refractivity contribution in [1.29, 1.82) is 0 Å². The Morgan fingerprint density at radius 2 is 1.76 bits per heavy atom. The zero-order valence-corrected chi connectivity index (χ0v) is 9.50. The topological polar surface area (TPSA) is 35.0 Å². The average molecular weight is 257 g/mol. The minimum Gasteiger partial charge on any atom is -0.491 e. The van der Waals surface area contributed by atoms with Crippen molar-refractivity contribution in [2.75, 3.05) is 7.11 Å². The third-order valence-corrected chi connectivity index (χ3v) is 2.37. The highest BCUT2D eigenvalue weighted by Gasteiger charge is 2.13. The van der Waals surface area contributed by atoms with Gasteiger partial charge in [0.05, 0.1) is 7.11 Å². The third kappa shape index (κ3) is 2.34. The molecule has 2 aromatic rings. The fourth-order valence-electron chi connectivity index (χ4n) is 1.43. The lowest BCUT2D eigenvalue weighted by Crippen LogP contribution is -1.95. The van der Waals surface area contributed by atoms with Gasteiger partial charge in [-0.25, -0.2) is 18.7 Å². The summed E-state index contributed by atoms with van der Waals surface area (Å²) >= 11 is 5.80. The van der Waals surface area contributed by atoms with Gasteiger partial charge in [-0.2, -0.15) is 0 Å². The highest BCUT2D eigenvalue weighted by Crippen LogP contribution is 2.32. The maximum atomic E-state index is 13.1. The van der Waals surface area contributed by atoms with Crippen LogP contribution >= 0.6 is 11.6 Å². The quantitative estimate of drug-likeness (QED) is 0.775. The van der Waals surface area contributed by atoms with E-state index in [0.717, 1.165) is 18.2 Å². The second-order valence-electron chi connectivity index (χ2n) is 3.20. The maximum Gasteiger partial charge on any atom is 0.182 e. The number of ether oxygens (including phenoxy) is 1. The Morgan fingerprint density at radius 1 is 1.12 bits per heavy atom. The lowest BCUT2D eigenvalue weighted by molar-refractivity contribution is 0.413. The molecule has 1 heterocycles. The first kappa shape index (κ1) is 11.7. The van der Waals surface area contributed by atoms with E-state index in [4.69, 9.17) is 16.3 Å². The summed E-state index contributed by atoms with van der Waals surface area (Å²) < 4.78 is 31.2. The molecule has 3 nitrogen and oxygen atoms in total. The molecule has 0 N–H and O–H groups in total. The summed E-state index contributed by atoms with van der Waals surface area (Å²) in [5, 5.41) is 0.0853. The average Bonchev–Trinajstić information content (AvgIpc) is 2.27. The SMILES string of the molecule is COc1c(Cl)ncnc1-c1cc(F)cc(F)c1. The number of halogens is 3. The predicted octanol–water partition coefficient (Wildman–Crippen LogP) is 3.08. The molecule has 0 fully saturated rings. The van der Waals surface area contributed by atoms with E-state index in [-0.39, 0.29) is 22.2 Å². The predicted molar refractivity (Wildman–Crippen MR) is 58.9 cm³/mol. The number of hydrogen-bond acceptors (Lipinski definition) is 3. The van der Waals surface area contributed by atoms with E-state index in [1.54, 1.807) is 0 Å². The van der Waals surface area contributed by atoms with Crippen LogP contribution in [-0.4, -0.2) is 17.1 Å². The molecule has 0 saturated carbocycles. The number of rotatable bonds is 2. The molecular weight excluding hydrogens is 250 g/mol. The lowest BCUT2D eigenvalue weighted by atomic mass is 10.1. The molecule has 0 radical (unpaired) electrons. The molecule has 0 unspecified atom stereocenters. The standard InChI is InChI=1S/C11H7ClF2N2O/c1-17-10-9(15-5-16-11(10)12)6-2-7(13)4-8(14)3-6/h2-5H,1H3. The molecule has 0 bridgehead atoms. The van der Waals surface area contributed by atoms with Crippen molar-refractivity contribution >= 4 is 11.6 Å². The number of nitrogens with zero attached hydrogens (tertiary/aromatic N) is 2. The molecule has 0 amide bonds. The summed E-state index contributed by atoms with van der Waals surface area (Å²) in [6.07, 6.45) is 1.20. The molecule has 6 heteroatoms. The monoisotopic (exact) mass is 256 g/mol. The van der Waals surface area contributed by atoms with Gasteiger partial charge >= 0.3 is 0 Å². The van der Waals surface area contributed by atoms with Gasteiger partial charge in [-0.15, -0.1) is 0 Å². The smallest absolute Gasteiger partial charge is 0.182 e. The first-order chi connectivity index (χ1) is 8.11. The van der Waals surface area contributed by atoms with Gasteiger partial charge in [-0.05, 0) is 12.1 Å². The molecule has 1 aromatic heterocycles. The van der Waals surface area contributed by atoms with Crippen LogP contribution < -0.4 is 4.74 Å². The van der Waals surface area contributed by atoms with E-state index >= 15 is 0 Å². The van der Waals surface area contributed by atoms with E-state index in [1.165, 1.54) is 13.4 Å². The molecule has 1 aromatic carbocycles. The second-order valence-corrected chi connectivity index (χ2v) is 3.56. The van der Waals surface area contributed by atoms with E-state index in [9.17, 15) is 8.78 Å². The van der Waals surface area contributed by atoms with Gasteiger partial charge in [-0.3, -0.25) is 0 Å². The number of aromatic nitrogens is 2. The van der Waals surface area contributed by atoms with Crippen molar-refractivity contribution in [2.45, 2.75) is 0 Å². The summed E-state index contributed by atoms with van der Waals surface area (Å²) in [6.45, 7) is 0. The van der Waals surface area contributed by atoms with Crippen LogP contribution in [0.5, 0.6) is 5.75 Å². The molecule has 0 spiro atoms. The van der Waals surface area contributed by atoms with Crippen molar-refractivity contribution in [3.05, 3.63) is 41.3 Å². The van der Waals surface area contributed by atoms with Gasteiger partial charge in [0.15, 0.2) is 10.9 Å². The molecular formula is C11H7ClF2N2O. The Labute approximate surface area is 101 Å². The molecule has 17 heavy (non-hydrogen) atoms. The van der Waals surface area contributed by atoms with Gasteiger partial charge in [0.25, 0.3) is 0 Å². The molecule has 0 aliphatic carbocycles. The molecule has 88 valence electrons. The first-order valence-corrected chi connectivity index (χ1v) is 5.00. The fraction of sp³-hybridized carbons (Fsp3) is 0.0909. The van der Waals surface area contributed by atoms with Gasteiger partial charge in [0, 0.05) is 11.6 Å². The van der Waals surface area contributed by atoms with Crippen LogP contribution in [0.1, 0.15) is 0 Å². The number of benzene rings is 1.